The van der Waals surface area contributed by atoms with Crippen LogP contribution in [0.2, 0.25) is 0 Å². The first-order valence-corrected chi connectivity index (χ1v) is 3.09. The Balaban J connectivity index is 2.32. The minimum absolute atomic E-state index is 0.806. The molecule has 0 saturated heterocycles. The molecule has 0 saturated carbocycles. The van der Waals surface area contributed by atoms with E-state index in [1.54, 1.807) is 0 Å². The maximum atomic E-state index is 4.02. The van der Waals surface area contributed by atoms with Crippen LogP contribution < -0.4 is 0 Å². The summed E-state index contributed by atoms with van der Waals surface area (Å²) in [5, 5.41) is 0. The lowest BCUT2D eigenvalue weighted by molar-refractivity contribution is -0.707. The topological polar surface area (TPSA) is 12.4 Å². The van der Waals surface area contributed by atoms with Crippen LogP contribution in [0.1, 0.15) is 6.42 Å². The second-order valence-electron chi connectivity index (χ2n) is 2.61. The van der Waals surface area contributed by atoms with Crippen molar-refractivity contribution in [2.24, 2.45) is 4.99 Å². The lowest BCUT2D eigenvalue weighted by atomic mass is 10.5. The average molecular weight is 121 g/mol. The van der Waals surface area contributed by atoms with Gasteiger partial charge in [-0.1, -0.05) is 0 Å². The maximum absolute atomic E-state index is 4.02. The number of quaternary nitrogens is 1. The van der Waals surface area contributed by atoms with Crippen molar-refractivity contribution in [2.45, 2.75) is 6.42 Å². The molecule has 0 spiro atoms. The van der Waals surface area contributed by atoms with Gasteiger partial charge in [-0.25, -0.2) is 9.48 Å². The van der Waals surface area contributed by atoms with Gasteiger partial charge < -0.3 is 0 Å². The minimum Gasteiger partial charge on any atom is -0.227 e. The SMILES string of the molecule is C[N+]1(C2=CC2)C=CN=C1. The molecular formula is C7H9N2+. The summed E-state index contributed by atoms with van der Waals surface area (Å²) in [6.07, 6.45) is 9.26. The molecule has 0 amide bonds. The molecule has 9 heavy (non-hydrogen) atoms. The molecule has 2 nitrogen and oxygen atoms in total. The molecule has 0 fully saturated rings. The second-order valence-corrected chi connectivity index (χ2v) is 2.61. The monoisotopic (exact) mass is 121 g/mol. The van der Waals surface area contributed by atoms with Crippen molar-refractivity contribution in [2.75, 3.05) is 7.05 Å². The Morgan fingerprint density at radius 3 is 2.89 bits per heavy atom. The Bertz CT molecular complexity index is 211. The minimum atomic E-state index is 0.806. The molecule has 1 atom stereocenters. The zero-order valence-electron chi connectivity index (χ0n) is 5.41. The van der Waals surface area contributed by atoms with Crippen molar-refractivity contribution < 1.29 is 4.48 Å². The van der Waals surface area contributed by atoms with Gasteiger partial charge in [-0.15, -0.1) is 0 Å². The summed E-state index contributed by atoms with van der Waals surface area (Å²) < 4.78 is 0.806. The van der Waals surface area contributed by atoms with E-state index in [2.05, 4.69) is 24.3 Å². The Labute approximate surface area is 54.4 Å². The molecule has 1 aliphatic heterocycles. The molecule has 2 rings (SSSR count). The first-order valence-electron chi connectivity index (χ1n) is 3.09. The van der Waals surface area contributed by atoms with Crippen LogP contribution in [0.3, 0.4) is 0 Å². The van der Waals surface area contributed by atoms with Crippen LogP contribution in [0.5, 0.6) is 0 Å². The van der Waals surface area contributed by atoms with E-state index in [4.69, 9.17) is 0 Å². The molecule has 1 unspecified atom stereocenters. The molecule has 0 aromatic heterocycles. The zero-order chi connectivity index (χ0) is 6.32. The van der Waals surface area contributed by atoms with Crippen molar-refractivity contribution in [1.29, 1.82) is 0 Å². The smallest absolute Gasteiger partial charge is 0.199 e. The number of allylic oxidation sites excluding steroid dienone is 2. The van der Waals surface area contributed by atoms with Crippen molar-refractivity contribution in [1.82, 2.24) is 0 Å². The Hall–Kier alpha value is -0.890. The van der Waals surface area contributed by atoms with E-state index >= 15 is 0 Å². The highest BCUT2D eigenvalue weighted by Gasteiger charge is 2.31. The summed E-state index contributed by atoms with van der Waals surface area (Å²) >= 11 is 0. The van der Waals surface area contributed by atoms with E-state index in [1.807, 2.05) is 12.5 Å². The van der Waals surface area contributed by atoms with Gasteiger partial charge in [0.25, 0.3) is 0 Å². The Morgan fingerprint density at radius 1 is 1.67 bits per heavy atom. The largest absolute Gasteiger partial charge is 0.227 e. The summed E-state index contributed by atoms with van der Waals surface area (Å²) in [6.45, 7) is 0. The highest BCUT2D eigenvalue weighted by Crippen LogP contribution is 2.30. The highest BCUT2D eigenvalue weighted by atomic mass is 15.4. The fourth-order valence-corrected chi connectivity index (χ4v) is 1.00. The van der Waals surface area contributed by atoms with E-state index in [0.29, 0.717) is 0 Å². The first kappa shape index (κ1) is 4.94. The van der Waals surface area contributed by atoms with Crippen molar-refractivity contribution in [3.05, 3.63) is 24.2 Å². The van der Waals surface area contributed by atoms with Crippen LogP contribution in [0.4, 0.5) is 0 Å². The molecule has 0 aromatic rings. The molecule has 1 heterocycles. The van der Waals surface area contributed by atoms with Gasteiger partial charge >= 0.3 is 0 Å². The van der Waals surface area contributed by atoms with Crippen LogP contribution in [-0.4, -0.2) is 17.9 Å². The standard InChI is InChI=1S/C7H9N2/c1-9(7-2-3-7)5-4-8-6-9/h2,4-6H,3H2,1H3/q+1. The number of nitrogens with zero attached hydrogens (tertiary/aromatic N) is 2. The molecule has 2 heteroatoms. The third-order valence-corrected chi connectivity index (χ3v) is 1.77. The quantitative estimate of drug-likeness (QED) is 0.463. The normalized spacial score (nSPS) is 37.2. The van der Waals surface area contributed by atoms with Gasteiger partial charge in [0.2, 0.25) is 0 Å². The lowest BCUT2D eigenvalue weighted by Gasteiger charge is -2.16. The molecule has 0 bridgehead atoms. The van der Waals surface area contributed by atoms with E-state index in [9.17, 15) is 0 Å². The molecule has 0 radical (unpaired) electrons. The summed E-state index contributed by atoms with van der Waals surface area (Å²) in [5.74, 6) is 0. The van der Waals surface area contributed by atoms with Gasteiger partial charge in [0.05, 0.1) is 13.2 Å². The molecular weight excluding hydrogens is 112 g/mol. The van der Waals surface area contributed by atoms with Gasteiger partial charge in [0.15, 0.2) is 6.34 Å². The summed E-state index contributed by atoms with van der Waals surface area (Å²) in [5.41, 5.74) is 1.45. The van der Waals surface area contributed by atoms with Crippen LogP contribution in [-0.2, 0) is 0 Å². The van der Waals surface area contributed by atoms with Gasteiger partial charge in [-0.3, -0.25) is 0 Å². The van der Waals surface area contributed by atoms with Crippen LogP contribution in [0, 0.1) is 0 Å². The number of rotatable bonds is 1. The number of hydrogen-bond acceptors (Lipinski definition) is 1. The van der Waals surface area contributed by atoms with Crippen molar-refractivity contribution in [3.63, 3.8) is 0 Å². The van der Waals surface area contributed by atoms with Crippen LogP contribution in [0.15, 0.2) is 29.2 Å². The lowest BCUT2D eigenvalue weighted by Crippen LogP contribution is -2.29. The van der Waals surface area contributed by atoms with E-state index < -0.39 is 0 Å². The van der Waals surface area contributed by atoms with E-state index in [0.717, 1.165) is 10.9 Å². The fourth-order valence-electron chi connectivity index (χ4n) is 1.00. The van der Waals surface area contributed by atoms with Crippen LogP contribution >= 0.6 is 0 Å². The second kappa shape index (κ2) is 1.33. The predicted octanol–water partition coefficient (Wildman–Crippen LogP) is 1.23. The molecule has 46 valence electrons. The third-order valence-electron chi connectivity index (χ3n) is 1.77. The predicted molar refractivity (Wildman–Crippen MR) is 36.5 cm³/mol. The zero-order valence-corrected chi connectivity index (χ0v) is 5.41. The average Bonchev–Trinajstić information content (AvgIpc) is 2.60. The van der Waals surface area contributed by atoms with Gasteiger partial charge in [0.1, 0.15) is 11.9 Å². The molecule has 2 aliphatic rings. The third kappa shape index (κ3) is 0.634. The number of aliphatic imine (C=N–C) groups is 1. The summed E-state index contributed by atoms with van der Waals surface area (Å²) in [7, 11) is 2.13. The Morgan fingerprint density at radius 2 is 2.44 bits per heavy atom. The highest BCUT2D eigenvalue weighted by molar-refractivity contribution is 5.54. The molecule has 0 N–H and O–H groups in total. The summed E-state index contributed by atoms with van der Waals surface area (Å²) in [4.78, 5) is 4.02. The Kier molecular flexibility index (Phi) is 0.732. The van der Waals surface area contributed by atoms with Gasteiger partial charge in [-0.2, -0.15) is 0 Å². The number of hydrogen-bond donors (Lipinski definition) is 0. The van der Waals surface area contributed by atoms with Crippen molar-refractivity contribution in [3.8, 4) is 0 Å². The first-order chi connectivity index (χ1) is 4.31. The van der Waals surface area contributed by atoms with Gasteiger partial charge in [0, 0.05) is 6.42 Å². The van der Waals surface area contributed by atoms with E-state index in [-0.39, 0.29) is 0 Å². The maximum Gasteiger partial charge on any atom is 0.199 e. The van der Waals surface area contributed by atoms with E-state index in [1.165, 1.54) is 5.70 Å². The van der Waals surface area contributed by atoms with Gasteiger partial charge in [-0.05, 0) is 6.08 Å². The summed E-state index contributed by atoms with van der Waals surface area (Å²) in [6, 6.07) is 0. The van der Waals surface area contributed by atoms with Crippen molar-refractivity contribution >= 4 is 6.34 Å². The fraction of sp³-hybridized carbons (Fsp3) is 0.286. The molecule has 0 aromatic carbocycles. The molecule has 1 aliphatic carbocycles. The van der Waals surface area contributed by atoms with Crippen LogP contribution in [0.25, 0.3) is 0 Å².